The lowest BCUT2D eigenvalue weighted by atomic mass is 9.82. The number of rotatable bonds is 9. The van der Waals surface area contributed by atoms with Crippen molar-refractivity contribution < 1.29 is 34.0 Å². The number of phenolic OH excluding ortho intramolecular Hbond substituents is 1. The van der Waals surface area contributed by atoms with Gasteiger partial charge in [0.1, 0.15) is 19.0 Å². The Morgan fingerprint density at radius 1 is 1.04 bits per heavy atom. The number of ether oxygens (including phenoxy) is 2. The summed E-state index contributed by atoms with van der Waals surface area (Å²) in [7, 11) is 0. The van der Waals surface area contributed by atoms with Gasteiger partial charge in [-0.1, -0.05) is 33.8 Å². The number of aromatic hydroxyl groups is 1. The van der Waals surface area contributed by atoms with Crippen molar-refractivity contribution in [3.63, 3.8) is 0 Å². The van der Waals surface area contributed by atoms with E-state index in [9.17, 15) is 9.50 Å². The quantitative estimate of drug-likeness (QED) is 0.169. The highest BCUT2D eigenvalue weighted by molar-refractivity contribution is 5.79. The molecule has 0 amide bonds. The molecule has 9 nitrogen and oxygen atoms in total. The summed E-state index contributed by atoms with van der Waals surface area (Å²) in [6.45, 7) is 18.6. The van der Waals surface area contributed by atoms with E-state index in [0.29, 0.717) is 17.1 Å². The maximum atomic E-state index is 13.8. The van der Waals surface area contributed by atoms with Crippen LogP contribution in [-0.2, 0) is 11.2 Å². The zero-order valence-corrected chi connectivity index (χ0v) is 27.9. The van der Waals surface area contributed by atoms with Crippen LogP contribution in [-0.4, -0.2) is 63.7 Å². The molecule has 0 radical (unpaired) electrons. The molecule has 0 bridgehead atoms. The second-order valence-corrected chi connectivity index (χ2v) is 13.3. The Balaban J connectivity index is 0.000000789. The Bertz CT molecular complexity index is 1320. The first-order valence-electron chi connectivity index (χ1n) is 15.3. The highest BCUT2D eigenvalue weighted by Gasteiger charge is 2.29. The van der Waals surface area contributed by atoms with Crippen LogP contribution in [0.1, 0.15) is 72.6 Å². The molecule has 3 N–H and O–H groups in total. The number of hydrogen-bond donors (Lipinski definition) is 3. The Morgan fingerprint density at radius 2 is 1.64 bits per heavy atom. The normalized spacial score (nSPS) is 14.1. The average Bonchev–Trinajstić information content (AvgIpc) is 2.93. The molecule has 3 heterocycles. The molecule has 2 aromatic heterocycles. The molecule has 0 spiro atoms. The summed E-state index contributed by atoms with van der Waals surface area (Å²) in [6, 6.07) is 7.89. The van der Waals surface area contributed by atoms with E-state index in [-0.39, 0.29) is 31.2 Å². The fourth-order valence-corrected chi connectivity index (χ4v) is 4.74. The maximum absolute atomic E-state index is 13.8. The molecule has 1 aromatic carbocycles. The van der Waals surface area contributed by atoms with Crippen LogP contribution in [0.4, 0.5) is 10.1 Å². The van der Waals surface area contributed by atoms with Crippen molar-refractivity contribution in [3.8, 4) is 28.5 Å². The molecular formula is C35H50FN3O6. The topological polar surface area (TPSA) is 125 Å². The third-order valence-corrected chi connectivity index (χ3v) is 6.97. The van der Waals surface area contributed by atoms with Gasteiger partial charge in [-0.2, -0.15) is 0 Å². The minimum absolute atomic E-state index is 0.0894. The monoisotopic (exact) mass is 627 g/mol. The number of phenols is 1. The first kappa shape index (κ1) is 37.3. The van der Waals surface area contributed by atoms with Crippen LogP contribution in [0.25, 0.3) is 11.3 Å². The van der Waals surface area contributed by atoms with Crippen LogP contribution in [0.2, 0.25) is 0 Å². The number of para-hydroxylation sites is 1. The van der Waals surface area contributed by atoms with Gasteiger partial charge in [0, 0.05) is 30.5 Å². The van der Waals surface area contributed by atoms with Gasteiger partial charge in [0.2, 0.25) is 0 Å². The van der Waals surface area contributed by atoms with Gasteiger partial charge in [0.05, 0.1) is 23.2 Å². The molecule has 3 aromatic rings. The van der Waals surface area contributed by atoms with Gasteiger partial charge < -0.3 is 29.7 Å². The second kappa shape index (κ2) is 17.0. The van der Waals surface area contributed by atoms with Gasteiger partial charge in [-0.15, -0.1) is 0 Å². The Kier molecular flexibility index (Phi) is 14.0. The first-order valence-corrected chi connectivity index (χ1v) is 15.3. The summed E-state index contributed by atoms with van der Waals surface area (Å²) in [5, 5.41) is 25.2. The molecular weight excluding hydrogens is 577 g/mol. The summed E-state index contributed by atoms with van der Waals surface area (Å²) in [5.74, 6) is 0.101. The SMILES string of the molecule is CC(C)(C)O.Cc1ncc(-c2ccc(OCCOc3c(O)cccc3F)cn2)c(N2CCC(C)(C)CC2)c1CC(C)C.O=CO. The van der Waals surface area contributed by atoms with Gasteiger partial charge in [-0.3, -0.25) is 14.8 Å². The molecule has 1 aliphatic rings. The maximum Gasteiger partial charge on any atom is 0.290 e. The van der Waals surface area contributed by atoms with E-state index >= 15 is 0 Å². The smallest absolute Gasteiger partial charge is 0.290 e. The third kappa shape index (κ3) is 12.5. The second-order valence-electron chi connectivity index (χ2n) is 13.3. The minimum atomic E-state index is -0.609. The zero-order valence-electron chi connectivity index (χ0n) is 27.9. The van der Waals surface area contributed by atoms with Crippen LogP contribution in [0.5, 0.6) is 17.2 Å². The number of pyridine rings is 2. The molecule has 0 atom stereocenters. The number of aryl methyl sites for hydroxylation is 1. The zero-order chi connectivity index (χ0) is 33.8. The van der Waals surface area contributed by atoms with Crippen molar-refractivity contribution in [2.24, 2.45) is 11.3 Å². The van der Waals surface area contributed by atoms with Gasteiger partial charge >= 0.3 is 0 Å². The molecule has 248 valence electrons. The van der Waals surface area contributed by atoms with Crippen LogP contribution in [0, 0.1) is 24.1 Å². The number of anilines is 1. The number of aliphatic hydroxyl groups is 1. The van der Waals surface area contributed by atoms with Gasteiger partial charge in [0.25, 0.3) is 6.47 Å². The van der Waals surface area contributed by atoms with E-state index in [0.717, 1.165) is 49.3 Å². The molecule has 0 unspecified atom stereocenters. The van der Waals surface area contributed by atoms with Crippen molar-refractivity contribution in [2.75, 3.05) is 31.2 Å². The Labute approximate surface area is 267 Å². The Hall–Kier alpha value is -3.92. The lowest BCUT2D eigenvalue weighted by Crippen LogP contribution is -2.38. The average molecular weight is 628 g/mol. The highest BCUT2D eigenvalue weighted by atomic mass is 19.1. The molecule has 1 aliphatic heterocycles. The summed E-state index contributed by atoms with van der Waals surface area (Å²) >= 11 is 0. The molecule has 10 heteroatoms. The summed E-state index contributed by atoms with van der Waals surface area (Å²) in [4.78, 5) is 20.4. The van der Waals surface area contributed by atoms with Gasteiger partial charge in [0.15, 0.2) is 17.3 Å². The number of piperidine rings is 1. The molecule has 0 aliphatic carbocycles. The Morgan fingerprint density at radius 3 is 2.18 bits per heavy atom. The summed E-state index contributed by atoms with van der Waals surface area (Å²) in [5.41, 5.74) is 5.42. The van der Waals surface area contributed by atoms with E-state index in [4.69, 9.17) is 34.4 Å². The van der Waals surface area contributed by atoms with Crippen LogP contribution in [0.15, 0.2) is 42.7 Å². The molecule has 45 heavy (non-hydrogen) atoms. The largest absolute Gasteiger partial charge is 0.504 e. The van der Waals surface area contributed by atoms with E-state index < -0.39 is 11.4 Å². The van der Waals surface area contributed by atoms with E-state index in [1.165, 1.54) is 29.4 Å². The first-order chi connectivity index (χ1) is 21.1. The van der Waals surface area contributed by atoms with Gasteiger partial charge in [-0.25, -0.2) is 4.39 Å². The lowest BCUT2D eigenvalue weighted by molar-refractivity contribution is -0.122. The number of carboxylic acid groups (broad SMARTS) is 1. The fraction of sp³-hybridized carbons (Fsp3) is 0.514. The van der Waals surface area contributed by atoms with Crippen LogP contribution < -0.4 is 14.4 Å². The van der Waals surface area contributed by atoms with E-state index in [2.05, 4.69) is 39.5 Å². The predicted molar refractivity (Wildman–Crippen MR) is 176 cm³/mol. The number of aromatic nitrogens is 2. The van der Waals surface area contributed by atoms with E-state index in [1.54, 1.807) is 27.0 Å². The number of halogens is 1. The standard InChI is InChI=1S/C30H38FN3O3.C4H10O.CH2O2/c1-20(2)17-23-21(3)32-19-24(28(23)34-13-11-30(4,5)12-14-34)26-10-9-22(18-33-26)36-15-16-37-29-25(31)7-6-8-27(29)35;1-4(2,3)5;2-1-3/h6-10,18-20,35H,11-17H2,1-5H3;5H,1-3H3;1H,(H,2,3). The van der Waals surface area contributed by atoms with Crippen LogP contribution in [0.3, 0.4) is 0 Å². The van der Waals surface area contributed by atoms with Gasteiger partial charge in [-0.05, 0) is 88.1 Å². The van der Waals surface area contributed by atoms with Crippen molar-refractivity contribution in [2.45, 2.75) is 80.3 Å². The van der Waals surface area contributed by atoms with Crippen LogP contribution >= 0.6 is 0 Å². The molecule has 1 saturated heterocycles. The summed E-state index contributed by atoms with van der Waals surface area (Å²) in [6.07, 6.45) is 6.93. The molecule has 0 saturated carbocycles. The van der Waals surface area contributed by atoms with Crippen molar-refractivity contribution in [1.29, 1.82) is 0 Å². The van der Waals surface area contributed by atoms with Crippen molar-refractivity contribution >= 4 is 12.2 Å². The number of carbonyl (C=O) groups is 1. The highest BCUT2D eigenvalue weighted by Crippen LogP contribution is 2.40. The fourth-order valence-electron chi connectivity index (χ4n) is 4.74. The predicted octanol–water partition coefficient (Wildman–Crippen LogP) is 7.06. The lowest BCUT2D eigenvalue weighted by Gasteiger charge is -2.40. The molecule has 1 fully saturated rings. The number of benzene rings is 1. The van der Waals surface area contributed by atoms with E-state index in [1.807, 2.05) is 18.3 Å². The van der Waals surface area contributed by atoms with Crippen molar-refractivity contribution in [3.05, 3.63) is 59.8 Å². The minimum Gasteiger partial charge on any atom is -0.504 e. The third-order valence-electron chi connectivity index (χ3n) is 6.97. The number of nitrogens with zero attached hydrogens (tertiary/aromatic N) is 3. The van der Waals surface area contributed by atoms with Crippen molar-refractivity contribution in [1.82, 2.24) is 9.97 Å². The number of hydrogen-bond acceptors (Lipinski definition) is 8. The molecule has 4 rings (SSSR count). The summed E-state index contributed by atoms with van der Waals surface area (Å²) < 4.78 is 24.9.